The molecule has 88 valence electrons. The van der Waals surface area contributed by atoms with Crippen molar-refractivity contribution in [3.8, 4) is 0 Å². The third kappa shape index (κ3) is 1.94. The van der Waals surface area contributed by atoms with E-state index in [9.17, 15) is 18.0 Å². The summed E-state index contributed by atoms with van der Waals surface area (Å²) in [5.74, 6) is 0. The highest BCUT2D eigenvalue weighted by Crippen LogP contribution is 2.30. The van der Waals surface area contributed by atoms with Gasteiger partial charge in [0.2, 0.25) is 0 Å². The second-order valence-electron chi connectivity index (χ2n) is 3.60. The van der Waals surface area contributed by atoms with Crippen molar-refractivity contribution in [2.24, 2.45) is 0 Å². The molecule has 1 aromatic rings. The number of pyridine rings is 1. The number of nitrogens with zero attached hydrogens (tertiary/aromatic N) is 1. The Morgan fingerprint density at radius 2 is 2.06 bits per heavy atom. The molecular formula is C9H8ClF3N2O. The fourth-order valence-corrected chi connectivity index (χ4v) is 1.68. The summed E-state index contributed by atoms with van der Waals surface area (Å²) in [4.78, 5) is 11.5. The van der Waals surface area contributed by atoms with Crippen molar-refractivity contribution in [3.05, 3.63) is 33.2 Å². The lowest BCUT2D eigenvalue weighted by atomic mass is 10.1. The molecular weight excluding hydrogens is 245 g/mol. The van der Waals surface area contributed by atoms with Gasteiger partial charge in [0.25, 0.3) is 5.56 Å². The minimum Gasteiger partial charge on any atom is -0.313 e. The molecule has 0 radical (unpaired) electrons. The molecule has 0 spiro atoms. The lowest BCUT2D eigenvalue weighted by Gasteiger charge is -2.29. The maximum Gasteiger partial charge on any atom is 0.417 e. The van der Waals surface area contributed by atoms with Gasteiger partial charge in [-0.2, -0.15) is 13.2 Å². The first kappa shape index (κ1) is 11.5. The van der Waals surface area contributed by atoms with Crippen molar-refractivity contribution in [2.45, 2.75) is 12.2 Å². The molecule has 1 fully saturated rings. The highest BCUT2D eigenvalue weighted by molar-refractivity contribution is 6.30. The van der Waals surface area contributed by atoms with Crippen molar-refractivity contribution >= 4 is 11.6 Å². The van der Waals surface area contributed by atoms with Gasteiger partial charge in [0, 0.05) is 19.3 Å². The Kier molecular flexibility index (Phi) is 2.71. The maximum atomic E-state index is 12.5. The zero-order chi connectivity index (χ0) is 11.9. The van der Waals surface area contributed by atoms with Crippen LogP contribution in [0.15, 0.2) is 17.1 Å². The molecule has 1 aromatic heterocycles. The molecule has 0 aliphatic carbocycles. The van der Waals surface area contributed by atoms with Crippen LogP contribution in [0.1, 0.15) is 11.6 Å². The predicted octanol–water partition coefficient (Wildman–Crippen LogP) is 1.66. The number of halogens is 4. The lowest BCUT2D eigenvalue weighted by Crippen LogP contribution is -2.47. The average molecular weight is 253 g/mol. The third-order valence-corrected chi connectivity index (χ3v) is 2.75. The minimum absolute atomic E-state index is 0.243. The monoisotopic (exact) mass is 252 g/mol. The molecule has 0 aromatic carbocycles. The molecule has 0 unspecified atom stereocenters. The first-order chi connectivity index (χ1) is 7.39. The first-order valence-corrected chi connectivity index (χ1v) is 4.97. The second-order valence-corrected chi connectivity index (χ2v) is 4.01. The van der Waals surface area contributed by atoms with Crippen LogP contribution in [0.5, 0.6) is 0 Å². The van der Waals surface area contributed by atoms with Crippen LogP contribution < -0.4 is 10.9 Å². The van der Waals surface area contributed by atoms with Crippen LogP contribution in [0.25, 0.3) is 0 Å². The van der Waals surface area contributed by atoms with Crippen LogP contribution >= 0.6 is 11.6 Å². The molecule has 2 rings (SSSR count). The standard InChI is InChI=1S/C9H8ClF3N2O/c10-7-1-5(9(11,12)13)4-15(8(7)16)6-2-14-3-6/h1,4,6,14H,2-3H2. The van der Waals surface area contributed by atoms with Crippen LogP contribution in [0.2, 0.25) is 5.02 Å². The molecule has 7 heteroatoms. The number of aromatic nitrogens is 1. The van der Waals surface area contributed by atoms with E-state index in [0.717, 1.165) is 10.8 Å². The molecule has 16 heavy (non-hydrogen) atoms. The van der Waals surface area contributed by atoms with E-state index in [-0.39, 0.29) is 6.04 Å². The molecule has 1 aliphatic rings. The molecule has 1 saturated heterocycles. The van der Waals surface area contributed by atoms with Gasteiger partial charge in [0.15, 0.2) is 0 Å². The molecule has 0 saturated carbocycles. The zero-order valence-corrected chi connectivity index (χ0v) is 8.77. The summed E-state index contributed by atoms with van der Waals surface area (Å²) in [5, 5.41) is 2.48. The van der Waals surface area contributed by atoms with Crippen molar-refractivity contribution in [1.82, 2.24) is 9.88 Å². The first-order valence-electron chi connectivity index (χ1n) is 4.59. The SMILES string of the molecule is O=c1c(Cl)cc(C(F)(F)F)cn1C1CNC1. The fourth-order valence-electron chi connectivity index (χ4n) is 1.46. The van der Waals surface area contributed by atoms with Crippen molar-refractivity contribution < 1.29 is 13.2 Å². The van der Waals surface area contributed by atoms with E-state index in [1.165, 1.54) is 0 Å². The summed E-state index contributed by atoms with van der Waals surface area (Å²) in [5.41, 5.74) is -1.48. The quantitative estimate of drug-likeness (QED) is 0.825. The van der Waals surface area contributed by atoms with E-state index in [1.807, 2.05) is 0 Å². The van der Waals surface area contributed by atoms with E-state index in [0.29, 0.717) is 19.2 Å². The zero-order valence-electron chi connectivity index (χ0n) is 8.01. The van der Waals surface area contributed by atoms with E-state index in [1.54, 1.807) is 0 Å². The molecule has 2 heterocycles. The largest absolute Gasteiger partial charge is 0.417 e. The van der Waals surface area contributed by atoms with Gasteiger partial charge in [-0.15, -0.1) is 0 Å². The van der Waals surface area contributed by atoms with Gasteiger partial charge < -0.3 is 9.88 Å². The minimum atomic E-state index is -4.49. The third-order valence-electron chi connectivity index (χ3n) is 2.48. The number of nitrogens with one attached hydrogen (secondary N) is 1. The second kappa shape index (κ2) is 3.78. The summed E-state index contributed by atoms with van der Waals surface area (Å²) < 4.78 is 38.5. The Hall–Kier alpha value is -1.01. The van der Waals surface area contributed by atoms with Gasteiger partial charge in [-0.1, -0.05) is 11.6 Å². The normalized spacial score (nSPS) is 17.2. The summed E-state index contributed by atoms with van der Waals surface area (Å²) in [6.45, 7) is 0.967. The van der Waals surface area contributed by atoms with Crippen molar-refractivity contribution in [1.29, 1.82) is 0 Å². The highest BCUT2D eigenvalue weighted by Gasteiger charge is 2.33. The van der Waals surface area contributed by atoms with Gasteiger partial charge >= 0.3 is 6.18 Å². The molecule has 1 N–H and O–H groups in total. The van der Waals surface area contributed by atoms with E-state index in [4.69, 9.17) is 11.6 Å². The summed E-state index contributed by atoms with van der Waals surface area (Å²) in [6, 6.07) is 0.416. The summed E-state index contributed by atoms with van der Waals surface area (Å²) >= 11 is 5.50. The van der Waals surface area contributed by atoms with Crippen LogP contribution in [0.4, 0.5) is 13.2 Å². The van der Waals surface area contributed by atoms with Gasteiger partial charge in [0.05, 0.1) is 11.6 Å². The maximum absolute atomic E-state index is 12.5. The Morgan fingerprint density at radius 3 is 2.50 bits per heavy atom. The van der Waals surface area contributed by atoms with Crippen LogP contribution in [-0.2, 0) is 6.18 Å². The lowest BCUT2D eigenvalue weighted by molar-refractivity contribution is -0.138. The Balaban J connectivity index is 2.51. The number of rotatable bonds is 1. The number of alkyl halides is 3. The fraction of sp³-hybridized carbons (Fsp3) is 0.444. The number of hydrogen-bond acceptors (Lipinski definition) is 2. The van der Waals surface area contributed by atoms with Gasteiger partial charge in [-0.25, -0.2) is 0 Å². The molecule has 0 atom stereocenters. The molecule has 3 nitrogen and oxygen atoms in total. The van der Waals surface area contributed by atoms with E-state index < -0.39 is 22.3 Å². The Labute approximate surface area is 93.8 Å². The van der Waals surface area contributed by atoms with Crippen molar-refractivity contribution in [3.63, 3.8) is 0 Å². The van der Waals surface area contributed by atoms with E-state index in [2.05, 4.69) is 5.32 Å². The average Bonchev–Trinajstić information content (AvgIpc) is 2.07. The summed E-state index contributed by atoms with van der Waals surface area (Å²) in [7, 11) is 0. The Bertz CT molecular complexity index is 465. The van der Waals surface area contributed by atoms with Crippen LogP contribution in [-0.4, -0.2) is 17.7 Å². The van der Waals surface area contributed by atoms with Crippen molar-refractivity contribution in [2.75, 3.05) is 13.1 Å². The molecule has 0 amide bonds. The van der Waals surface area contributed by atoms with Gasteiger partial charge in [0.1, 0.15) is 5.02 Å². The molecule has 0 bridgehead atoms. The molecule has 1 aliphatic heterocycles. The van der Waals surface area contributed by atoms with Gasteiger partial charge in [-0.3, -0.25) is 4.79 Å². The Morgan fingerprint density at radius 1 is 1.44 bits per heavy atom. The van der Waals surface area contributed by atoms with Gasteiger partial charge in [-0.05, 0) is 6.07 Å². The van der Waals surface area contributed by atoms with Crippen LogP contribution in [0, 0.1) is 0 Å². The van der Waals surface area contributed by atoms with Crippen LogP contribution in [0.3, 0.4) is 0 Å². The predicted molar refractivity (Wildman–Crippen MR) is 52.6 cm³/mol. The van der Waals surface area contributed by atoms with E-state index >= 15 is 0 Å². The highest BCUT2D eigenvalue weighted by atomic mass is 35.5. The summed E-state index contributed by atoms with van der Waals surface area (Å²) in [6.07, 6.45) is -3.67. The topological polar surface area (TPSA) is 34.0 Å². The number of hydrogen-bond donors (Lipinski definition) is 1. The smallest absolute Gasteiger partial charge is 0.313 e.